The predicted octanol–water partition coefficient (Wildman–Crippen LogP) is 4.41. The van der Waals surface area contributed by atoms with Gasteiger partial charge in [0.05, 0.1) is 23.4 Å². The van der Waals surface area contributed by atoms with Gasteiger partial charge in [-0.1, -0.05) is 30.3 Å². The van der Waals surface area contributed by atoms with Gasteiger partial charge in [0.25, 0.3) is 0 Å². The molecule has 0 radical (unpaired) electrons. The first-order chi connectivity index (χ1) is 16.2. The molecular formula is C25H26N6OS. The van der Waals surface area contributed by atoms with Gasteiger partial charge in [0, 0.05) is 45.4 Å². The lowest BCUT2D eigenvalue weighted by molar-refractivity contribution is 0.370. The van der Waals surface area contributed by atoms with E-state index < -0.39 is 10.8 Å². The molecule has 0 bridgehead atoms. The van der Waals surface area contributed by atoms with E-state index in [9.17, 15) is 4.21 Å². The summed E-state index contributed by atoms with van der Waals surface area (Å²) < 4.78 is 14.1. The molecule has 3 heterocycles. The Balaban J connectivity index is 1.58. The van der Waals surface area contributed by atoms with Crippen LogP contribution in [0.5, 0.6) is 0 Å². The topological polar surface area (TPSA) is 84.7 Å². The third-order valence-corrected chi connectivity index (χ3v) is 6.82. The molecule has 2 N–H and O–H groups in total. The zero-order chi connectivity index (χ0) is 22.6. The van der Waals surface area contributed by atoms with Crippen molar-refractivity contribution in [1.29, 1.82) is 0 Å². The van der Waals surface area contributed by atoms with Crippen LogP contribution in [0.4, 0.5) is 11.6 Å². The quantitative estimate of drug-likeness (QED) is 0.445. The number of hydrogen-bond donors (Lipinski definition) is 2. The van der Waals surface area contributed by atoms with E-state index >= 15 is 0 Å². The van der Waals surface area contributed by atoms with Gasteiger partial charge in [0.1, 0.15) is 0 Å². The number of nitrogens with one attached hydrogen (secondary N) is 2. The number of imidazole rings is 1. The minimum Gasteiger partial charge on any atom is -0.326 e. The highest BCUT2D eigenvalue weighted by Gasteiger charge is 2.23. The zero-order valence-electron chi connectivity index (χ0n) is 18.4. The van der Waals surface area contributed by atoms with Crippen molar-refractivity contribution in [1.82, 2.24) is 24.8 Å². The predicted molar refractivity (Wildman–Crippen MR) is 132 cm³/mol. The molecule has 2 aromatic heterocycles. The third-order valence-electron chi connectivity index (χ3n) is 5.88. The second-order valence-corrected chi connectivity index (χ2v) is 9.44. The number of nitrogens with zero attached hydrogens (tertiary/aromatic N) is 4. The van der Waals surface area contributed by atoms with Crippen molar-refractivity contribution in [2.24, 2.45) is 0 Å². The van der Waals surface area contributed by atoms with Crippen LogP contribution in [0.2, 0.25) is 0 Å². The summed E-state index contributed by atoms with van der Waals surface area (Å²) in [7, 11) is -1.02. The Hall–Kier alpha value is -3.36. The number of para-hydroxylation sites is 1. The number of rotatable bonds is 6. The monoisotopic (exact) mass is 458 g/mol. The van der Waals surface area contributed by atoms with Crippen molar-refractivity contribution in [2.45, 2.75) is 23.8 Å². The van der Waals surface area contributed by atoms with Crippen molar-refractivity contribution < 1.29 is 4.21 Å². The van der Waals surface area contributed by atoms with Crippen molar-refractivity contribution in [3.63, 3.8) is 0 Å². The number of piperidine rings is 1. The van der Waals surface area contributed by atoms with Crippen molar-refractivity contribution in [3.8, 4) is 22.6 Å². The largest absolute Gasteiger partial charge is 0.326 e. The Bertz CT molecular complexity index is 1250. The Labute approximate surface area is 195 Å². The molecule has 0 saturated carbocycles. The zero-order valence-corrected chi connectivity index (χ0v) is 19.3. The highest BCUT2D eigenvalue weighted by Crippen LogP contribution is 2.35. The highest BCUT2D eigenvalue weighted by atomic mass is 32.2. The van der Waals surface area contributed by atoms with Gasteiger partial charge in [0.15, 0.2) is 0 Å². The average molecular weight is 459 g/mol. The molecule has 0 aliphatic carbocycles. The van der Waals surface area contributed by atoms with Gasteiger partial charge in [-0.05, 0) is 56.3 Å². The van der Waals surface area contributed by atoms with Crippen LogP contribution in [0.25, 0.3) is 22.6 Å². The van der Waals surface area contributed by atoms with E-state index in [4.69, 9.17) is 9.97 Å². The summed E-state index contributed by atoms with van der Waals surface area (Å²) in [5.74, 6) is 0.541. The van der Waals surface area contributed by atoms with Crippen molar-refractivity contribution >= 4 is 22.4 Å². The Morgan fingerprint density at radius 1 is 1.00 bits per heavy atom. The summed E-state index contributed by atoms with van der Waals surface area (Å²) in [5, 5.41) is 6.73. The van der Waals surface area contributed by atoms with E-state index in [0.29, 0.717) is 12.0 Å². The fourth-order valence-corrected chi connectivity index (χ4v) is 4.71. The molecule has 0 spiro atoms. The molecule has 8 heteroatoms. The lowest BCUT2D eigenvalue weighted by Gasteiger charge is -2.25. The maximum Gasteiger partial charge on any atom is 0.227 e. The van der Waals surface area contributed by atoms with Crippen LogP contribution in [0.1, 0.15) is 18.9 Å². The molecule has 4 aromatic rings. The molecule has 1 aliphatic heterocycles. The van der Waals surface area contributed by atoms with E-state index in [1.165, 1.54) is 0 Å². The second kappa shape index (κ2) is 9.64. The Morgan fingerprint density at radius 2 is 1.76 bits per heavy atom. The van der Waals surface area contributed by atoms with Crippen LogP contribution < -0.4 is 10.6 Å². The molecule has 1 atom stereocenters. The van der Waals surface area contributed by atoms with E-state index in [1.807, 2.05) is 67.0 Å². The summed E-state index contributed by atoms with van der Waals surface area (Å²) >= 11 is 0. The van der Waals surface area contributed by atoms with Gasteiger partial charge >= 0.3 is 0 Å². The minimum atomic E-state index is -1.02. The normalized spacial score (nSPS) is 15.3. The molecule has 0 amide bonds. The van der Waals surface area contributed by atoms with Crippen LogP contribution >= 0.6 is 0 Å². The number of hydrogen-bond acceptors (Lipinski definition) is 6. The molecule has 2 aromatic carbocycles. The maximum absolute atomic E-state index is 11.8. The van der Waals surface area contributed by atoms with E-state index in [0.717, 1.165) is 59.2 Å². The Kier molecular flexibility index (Phi) is 6.28. The lowest BCUT2D eigenvalue weighted by atomic mass is 10.0. The SMILES string of the molecule is CS(=O)c1ccc(-c2ncn(C3CCNCC3)c2-c2ccnc(Nc3ccccc3)n2)cc1. The first-order valence-corrected chi connectivity index (χ1v) is 12.6. The van der Waals surface area contributed by atoms with Gasteiger partial charge in [-0.25, -0.2) is 15.0 Å². The summed E-state index contributed by atoms with van der Waals surface area (Å²) in [4.78, 5) is 14.9. The van der Waals surface area contributed by atoms with Gasteiger partial charge in [0.2, 0.25) is 5.95 Å². The summed E-state index contributed by atoms with van der Waals surface area (Å²) in [6.45, 7) is 1.97. The molecule has 7 nitrogen and oxygen atoms in total. The third kappa shape index (κ3) is 4.72. The molecule has 1 fully saturated rings. The lowest BCUT2D eigenvalue weighted by Crippen LogP contribution is -2.29. The van der Waals surface area contributed by atoms with Crippen LogP contribution in [0.3, 0.4) is 0 Å². The fraction of sp³-hybridized carbons (Fsp3) is 0.240. The fourth-order valence-electron chi connectivity index (χ4n) is 4.19. The molecule has 1 unspecified atom stereocenters. The van der Waals surface area contributed by atoms with Crippen LogP contribution in [0.15, 0.2) is 78.1 Å². The molecule has 5 rings (SSSR count). The first-order valence-electron chi connectivity index (χ1n) is 11.1. The van der Waals surface area contributed by atoms with Gasteiger partial charge in [-0.2, -0.15) is 0 Å². The van der Waals surface area contributed by atoms with Gasteiger partial charge < -0.3 is 15.2 Å². The number of aromatic nitrogens is 4. The molecule has 168 valence electrons. The molecule has 1 aliphatic rings. The maximum atomic E-state index is 11.8. The number of benzene rings is 2. The number of anilines is 2. The van der Waals surface area contributed by atoms with Crippen molar-refractivity contribution in [2.75, 3.05) is 24.7 Å². The van der Waals surface area contributed by atoms with Gasteiger partial charge in [-0.15, -0.1) is 0 Å². The second-order valence-electron chi connectivity index (χ2n) is 8.07. The van der Waals surface area contributed by atoms with E-state index in [1.54, 1.807) is 12.5 Å². The summed E-state index contributed by atoms with van der Waals surface area (Å²) in [6.07, 6.45) is 7.47. The average Bonchev–Trinajstić information content (AvgIpc) is 3.31. The molecular weight excluding hydrogens is 432 g/mol. The standard InChI is InChI=1S/C25H26N6OS/c1-33(32)21-9-7-18(8-10-21)23-24(31(17-28-23)20-11-14-26-15-12-20)22-13-16-27-25(30-22)29-19-5-3-2-4-6-19/h2-10,13,16-17,20,26H,11-12,14-15H2,1H3,(H,27,29,30). The van der Waals surface area contributed by atoms with Gasteiger partial charge in [-0.3, -0.25) is 4.21 Å². The summed E-state index contributed by atoms with van der Waals surface area (Å²) in [5.41, 5.74) is 4.57. The van der Waals surface area contributed by atoms with Crippen LogP contribution in [-0.2, 0) is 10.8 Å². The van der Waals surface area contributed by atoms with Crippen molar-refractivity contribution in [3.05, 3.63) is 73.2 Å². The summed E-state index contributed by atoms with van der Waals surface area (Å²) in [6, 6.07) is 20.0. The van der Waals surface area contributed by atoms with Crippen LogP contribution in [0, 0.1) is 0 Å². The minimum absolute atomic E-state index is 0.352. The Morgan fingerprint density at radius 3 is 2.48 bits per heavy atom. The highest BCUT2D eigenvalue weighted by molar-refractivity contribution is 7.84. The molecule has 33 heavy (non-hydrogen) atoms. The van der Waals surface area contributed by atoms with Crippen LogP contribution in [-0.4, -0.2) is 43.1 Å². The molecule has 1 saturated heterocycles. The first kappa shape index (κ1) is 21.5. The smallest absolute Gasteiger partial charge is 0.227 e. The van der Waals surface area contributed by atoms with E-state index in [2.05, 4.69) is 20.2 Å². The van der Waals surface area contributed by atoms with E-state index in [-0.39, 0.29) is 0 Å².